The van der Waals surface area contributed by atoms with Gasteiger partial charge in [0.2, 0.25) is 0 Å². The minimum atomic E-state index is -5.68. The SMILES string of the molecule is CC(=CC(F)(F)C(F)(F)C(F)CC(F)(F)F)C(=O)O. The molecule has 0 rings (SSSR count). The Balaban J connectivity index is 5.27. The Labute approximate surface area is 101 Å². The number of allylic oxidation sites excluding steroid dienone is 1. The summed E-state index contributed by atoms with van der Waals surface area (Å²) in [4.78, 5) is 10.2. The van der Waals surface area contributed by atoms with Crippen LogP contribution in [0, 0.1) is 0 Å². The molecule has 0 heterocycles. The molecular formula is C9H8F8O2. The number of carboxylic acids is 1. The zero-order chi connectivity index (χ0) is 15.6. The van der Waals surface area contributed by atoms with Crippen molar-refractivity contribution in [3.63, 3.8) is 0 Å². The van der Waals surface area contributed by atoms with Crippen molar-refractivity contribution < 1.29 is 45.0 Å². The lowest BCUT2D eigenvalue weighted by atomic mass is 10.0. The number of carboxylic acid groups (broad SMARTS) is 1. The fraction of sp³-hybridized carbons (Fsp3) is 0.667. The maximum absolute atomic E-state index is 12.9. The molecule has 0 aliphatic carbocycles. The monoisotopic (exact) mass is 300 g/mol. The summed E-state index contributed by atoms with van der Waals surface area (Å²) in [7, 11) is 0. The summed E-state index contributed by atoms with van der Waals surface area (Å²) in [5, 5.41) is 8.22. The van der Waals surface area contributed by atoms with Gasteiger partial charge in [0.15, 0.2) is 6.17 Å². The number of halogens is 8. The Hall–Kier alpha value is -1.35. The zero-order valence-corrected chi connectivity index (χ0v) is 9.24. The molecule has 10 heteroatoms. The third kappa shape index (κ3) is 4.67. The largest absolute Gasteiger partial charge is 0.478 e. The Morgan fingerprint density at radius 1 is 1.16 bits per heavy atom. The van der Waals surface area contributed by atoms with E-state index in [9.17, 15) is 39.9 Å². The van der Waals surface area contributed by atoms with Crippen LogP contribution in [0.5, 0.6) is 0 Å². The van der Waals surface area contributed by atoms with Crippen LogP contribution in [0.1, 0.15) is 13.3 Å². The Morgan fingerprint density at radius 2 is 1.58 bits per heavy atom. The molecule has 0 aromatic rings. The van der Waals surface area contributed by atoms with E-state index in [2.05, 4.69) is 0 Å². The first kappa shape index (κ1) is 17.6. The molecule has 0 aliphatic heterocycles. The summed E-state index contributed by atoms with van der Waals surface area (Å²) in [5.41, 5.74) is -1.25. The minimum absolute atomic E-state index is 0.517. The number of alkyl halides is 8. The van der Waals surface area contributed by atoms with E-state index in [-0.39, 0.29) is 0 Å². The quantitative estimate of drug-likeness (QED) is 0.622. The van der Waals surface area contributed by atoms with Crippen molar-refractivity contribution >= 4 is 5.97 Å². The van der Waals surface area contributed by atoms with Crippen LogP contribution in [-0.4, -0.2) is 35.3 Å². The summed E-state index contributed by atoms with van der Waals surface area (Å²) in [6.45, 7) is 0.517. The van der Waals surface area contributed by atoms with Gasteiger partial charge in [0.25, 0.3) is 0 Å². The average Bonchev–Trinajstić information content (AvgIpc) is 2.13. The maximum Gasteiger partial charge on any atom is 0.392 e. The first-order valence-corrected chi connectivity index (χ1v) is 4.60. The first-order valence-electron chi connectivity index (χ1n) is 4.60. The fourth-order valence-corrected chi connectivity index (χ4v) is 0.970. The molecule has 19 heavy (non-hydrogen) atoms. The number of hydrogen-bond acceptors (Lipinski definition) is 1. The highest BCUT2D eigenvalue weighted by molar-refractivity contribution is 5.86. The molecule has 1 unspecified atom stereocenters. The molecule has 0 fully saturated rings. The van der Waals surface area contributed by atoms with Crippen LogP contribution in [0.25, 0.3) is 0 Å². The van der Waals surface area contributed by atoms with Gasteiger partial charge in [-0.05, 0) is 6.92 Å². The normalized spacial score (nSPS) is 16.4. The average molecular weight is 300 g/mol. The van der Waals surface area contributed by atoms with Crippen LogP contribution < -0.4 is 0 Å². The van der Waals surface area contributed by atoms with Gasteiger partial charge in [0.05, 0.1) is 6.42 Å². The molecule has 0 spiro atoms. The van der Waals surface area contributed by atoms with Gasteiger partial charge in [-0.2, -0.15) is 30.7 Å². The lowest BCUT2D eigenvalue weighted by Gasteiger charge is -2.27. The molecule has 0 aromatic heterocycles. The van der Waals surface area contributed by atoms with Crippen molar-refractivity contribution in [3.05, 3.63) is 11.6 Å². The van der Waals surface area contributed by atoms with Gasteiger partial charge in [-0.25, -0.2) is 9.18 Å². The number of hydrogen-bond donors (Lipinski definition) is 1. The zero-order valence-electron chi connectivity index (χ0n) is 9.24. The van der Waals surface area contributed by atoms with E-state index >= 15 is 0 Å². The van der Waals surface area contributed by atoms with Crippen molar-refractivity contribution in [2.75, 3.05) is 0 Å². The first-order chi connectivity index (χ1) is 8.21. The lowest BCUT2D eigenvalue weighted by Crippen LogP contribution is -2.48. The molecule has 0 saturated heterocycles. The van der Waals surface area contributed by atoms with Gasteiger partial charge >= 0.3 is 24.0 Å². The number of rotatable bonds is 5. The van der Waals surface area contributed by atoms with Gasteiger partial charge in [-0.15, -0.1) is 0 Å². The molecule has 0 bridgehead atoms. The highest BCUT2D eigenvalue weighted by Gasteiger charge is 2.62. The Morgan fingerprint density at radius 3 is 1.89 bits per heavy atom. The van der Waals surface area contributed by atoms with Crippen LogP contribution in [-0.2, 0) is 4.79 Å². The Bertz CT molecular complexity index is 371. The molecule has 0 amide bonds. The predicted octanol–water partition coefficient (Wildman–Crippen LogP) is 3.58. The molecule has 1 atom stereocenters. The second-order valence-corrected chi connectivity index (χ2v) is 3.67. The predicted molar refractivity (Wildman–Crippen MR) is 46.9 cm³/mol. The standard InChI is InChI=1S/C9H8F8O2/c1-4(6(18)19)2-7(11,12)9(16,17)5(10)3-8(13,14)15/h2,5H,3H2,1H3,(H,18,19). The van der Waals surface area contributed by atoms with Crippen LogP contribution >= 0.6 is 0 Å². The summed E-state index contributed by atoms with van der Waals surface area (Å²) >= 11 is 0. The van der Waals surface area contributed by atoms with E-state index in [0.29, 0.717) is 6.92 Å². The van der Waals surface area contributed by atoms with Gasteiger partial charge < -0.3 is 5.11 Å². The molecule has 0 aliphatic rings. The fourth-order valence-electron chi connectivity index (χ4n) is 0.970. The smallest absolute Gasteiger partial charge is 0.392 e. The minimum Gasteiger partial charge on any atom is -0.478 e. The van der Waals surface area contributed by atoms with Crippen LogP contribution in [0.3, 0.4) is 0 Å². The van der Waals surface area contributed by atoms with E-state index in [4.69, 9.17) is 5.11 Å². The molecular weight excluding hydrogens is 292 g/mol. The second-order valence-electron chi connectivity index (χ2n) is 3.67. The summed E-state index contributed by atoms with van der Waals surface area (Å²) in [6, 6.07) is 0. The maximum atomic E-state index is 12.9. The number of carbonyl (C=O) groups is 1. The Kier molecular flexibility index (Phi) is 4.96. The van der Waals surface area contributed by atoms with Crippen molar-refractivity contribution in [2.24, 2.45) is 0 Å². The van der Waals surface area contributed by atoms with Crippen molar-refractivity contribution in [2.45, 2.75) is 37.5 Å². The van der Waals surface area contributed by atoms with E-state index in [1.54, 1.807) is 0 Å². The number of aliphatic carboxylic acids is 1. The van der Waals surface area contributed by atoms with Crippen LogP contribution in [0.15, 0.2) is 11.6 Å². The molecule has 2 nitrogen and oxygen atoms in total. The summed E-state index contributed by atoms with van der Waals surface area (Å²) < 4.78 is 99.4. The molecule has 0 aromatic carbocycles. The summed E-state index contributed by atoms with van der Waals surface area (Å²) in [6.07, 6.45) is -13.1. The highest BCUT2D eigenvalue weighted by atomic mass is 19.4. The van der Waals surface area contributed by atoms with E-state index < -0.39 is 48.2 Å². The second kappa shape index (κ2) is 5.33. The third-order valence-corrected chi connectivity index (χ3v) is 1.98. The molecule has 1 N–H and O–H groups in total. The van der Waals surface area contributed by atoms with Gasteiger partial charge in [-0.3, -0.25) is 0 Å². The van der Waals surface area contributed by atoms with Crippen molar-refractivity contribution in [3.8, 4) is 0 Å². The van der Waals surface area contributed by atoms with Gasteiger partial charge in [0, 0.05) is 11.6 Å². The van der Waals surface area contributed by atoms with E-state index in [1.807, 2.05) is 0 Å². The van der Waals surface area contributed by atoms with E-state index in [0.717, 1.165) is 0 Å². The molecule has 0 saturated carbocycles. The molecule has 112 valence electrons. The summed E-state index contributed by atoms with van der Waals surface area (Å²) in [5.74, 6) is -13.0. The topological polar surface area (TPSA) is 37.3 Å². The van der Waals surface area contributed by atoms with Gasteiger partial charge in [-0.1, -0.05) is 0 Å². The van der Waals surface area contributed by atoms with Crippen molar-refractivity contribution in [1.29, 1.82) is 0 Å². The lowest BCUT2D eigenvalue weighted by molar-refractivity contribution is -0.239. The highest BCUT2D eigenvalue weighted by Crippen LogP contribution is 2.43. The van der Waals surface area contributed by atoms with Gasteiger partial charge in [0.1, 0.15) is 0 Å². The van der Waals surface area contributed by atoms with Crippen LogP contribution in [0.4, 0.5) is 35.1 Å². The van der Waals surface area contributed by atoms with Crippen molar-refractivity contribution in [1.82, 2.24) is 0 Å². The molecule has 0 radical (unpaired) electrons. The van der Waals surface area contributed by atoms with E-state index in [1.165, 1.54) is 0 Å². The van der Waals surface area contributed by atoms with Crippen LogP contribution in [0.2, 0.25) is 0 Å². The third-order valence-electron chi connectivity index (χ3n) is 1.98.